The Labute approximate surface area is 146 Å². The average Bonchev–Trinajstić information content (AvgIpc) is 3.27. The highest BCUT2D eigenvalue weighted by Gasteiger charge is 2.23. The number of hydrogen-bond donors (Lipinski definition) is 1. The number of pyridine rings is 1. The van der Waals surface area contributed by atoms with E-state index < -0.39 is 0 Å². The minimum atomic E-state index is 0.789. The van der Waals surface area contributed by atoms with Gasteiger partial charge in [-0.05, 0) is 42.5 Å². The molecule has 2 aliphatic heterocycles. The van der Waals surface area contributed by atoms with Crippen LogP contribution in [0.15, 0.2) is 95.8 Å². The Morgan fingerprint density at radius 3 is 2.56 bits per heavy atom. The van der Waals surface area contributed by atoms with Crippen molar-refractivity contribution in [3.63, 3.8) is 0 Å². The summed E-state index contributed by atoms with van der Waals surface area (Å²) in [5.41, 5.74) is 9.86. The number of fused-ring (bicyclic) bond motifs is 2. The highest BCUT2D eigenvalue weighted by Crippen LogP contribution is 2.26. The van der Waals surface area contributed by atoms with Gasteiger partial charge in [-0.3, -0.25) is 4.98 Å². The molecule has 0 spiro atoms. The minimum Gasteiger partial charge on any atom is -0.399 e. The van der Waals surface area contributed by atoms with Crippen molar-refractivity contribution < 1.29 is 0 Å². The van der Waals surface area contributed by atoms with Gasteiger partial charge in [-0.15, -0.1) is 0 Å². The lowest BCUT2D eigenvalue weighted by molar-refractivity contribution is 1.17. The van der Waals surface area contributed by atoms with Crippen LogP contribution in [0.4, 0.5) is 11.4 Å². The van der Waals surface area contributed by atoms with Crippen molar-refractivity contribution in [3.8, 4) is 0 Å². The Bertz CT molecular complexity index is 919. The molecule has 0 amide bonds. The molecule has 0 aliphatic carbocycles. The molecule has 0 bridgehead atoms. The highest BCUT2D eigenvalue weighted by molar-refractivity contribution is 6.15. The fourth-order valence-corrected chi connectivity index (χ4v) is 2.90. The van der Waals surface area contributed by atoms with Crippen LogP contribution in [0.1, 0.15) is 0 Å². The third-order valence-electron chi connectivity index (χ3n) is 4.18. The zero-order valence-electron chi connectivity index (χ0n) is 13.7. The van der Waals surface area contributed by atoms with E-state index in [9.17, 15) is 0 Å². The molecular formula is C21H18N4. The van der Waals surface area contributed by atoms with Gasteiger partial charge in [-0.1, -0.05) is 30.3 Å². The average molecular weight is 326 g/mol. The Hall–Kier alpha value is -3.40. The topological polar surface area (TPSA) is 54.5 Å². The van der Waals surface area contributed by atoms with Crippen molar-refractivity contribution in [1.82, 2.24) is 4.98 Å². The van der Waals surface area contributed by atoms with E-state index >= 15 is 0 Å². The number of aliphatic imine (C=N–C) groups is 1. The molecule has 0 saturated heterocycles. The van der Waals surface area contributed by atoms with Gasteiger partial charge in [-0.25, -0.2) is 4.99 Å². The van der Waals surface area contributed by atoms with Gasteiger partial charge in [0.25, 0.3) is 0 Å². The second kappa shape index (κ2) is 6.61. The molecule has 2 aliphatic rings. The summed E-state index contributed by atoms with van der Waals surface area (Å²) in [7, 11) is 0. The largest absolute Gasteiger partial charge is 0.399 e. The van der Waals surface area contributed by atoms with E-state index in [2.05, 4.69) is 33.1 Å². The summed E-state index contributed by atoms with van der Waals surface area (Å²) in [6, 6.07) is 20.0. The lowest BCUT2D eigenvalue weighted by Crippen LogP contribution is -2.25. The smallest absolute Gasteiger partial charge is 0.140 e. The molecule has 4 nitrogen and oxygen atoms in total. The molecule has 2 N–H and O–H groups in total. The maximum absolute atomic E-state index is 5.66. The van der Waals surface area contributed by atoms with Gasteiger partial charge < -0.3 is 10.6 Å². The number of amidine groups is 1. The van der Waals surface area contributed by atoms with Crippen LogP contribution in [0.2, 0.25) is 0 Å². The van der Waals surface area contributed by atoms with Gasteiger partial charge in [0, 0.05) is 41.3 Å². The van der Waals surface area contributed by atoms with Crippen molar-refractivity contribution in [3.05, 3.63) is 90.8 Å². The van der Waals surface area contributed by atoms with E-state index in [1.807, 2.05) is 67.0 Å². The van der Waals surface area contributed by atoms with E-state index in [0.29, 0.717) is 0 Å². The number of aromatic nitrogens is 1. The molecular weight excluding hydrogens is 308 g/mol. The third-order valence-corrected chi connectivity index (χ3v) is 4.18. The summed E-state index contributed by atoms with van der Waals surface area (Å²) in [5.74, 6) is 1.04. The van der Waals surface area contributed by atoms with Crippen LogP contribution in [0, 0.1) is 0 Å². The van der Waals surface area contributed by atoms with Crippen LogP contribution >= 0.6 is 0 Å². The van der Waals surface area contributed by atoms with E-state index in [4.69, 9.17) is 5.73 Å². The maximum Gasteiger partial charge on any atom is 0.140 e. The first kappa shape index (κ1) is 15.1. The van der Waals surface area contributed by atoms with Crippen molar-refractivity contribution in [1.29, 1.82) is 0 Å². The summed E-state index contributed by atoms with van der Waals surface area (Å²) in [6.45, 7) is 0.891. The number of benzene rings is 2. The first-order chi connectivity index (χ1) is 12.3. The maximum atomic E-state index is 5.66. The van der Waals surface area contributed by atoms with E-state index in [1.165, 1.54) is 11.0 Å². The lowest BCUT2D eigenvalue weighted by Gasteiger charge is -2.18. The number of para-hydroxylation sites is 1. The zero-order valence-corrected chi connectivity index (χ0v) is 13.7. The molecule has 4 heteroatoms. The molecule has 0 fully saturated rings. The molecule has 3 aromatic rings. The standard InChI is InChI=1S/C12H11N3.C9H7N/c13-10-1-3-11(4-2-10)15-8-6-9-5-7-14-12(9)15;1-2-6-9-8(4-1)5-3-7-10-9/h1-7H,8,13H2;1-7H. The van der Waals surface area contributed by atoms with Crippen LogP contribution in [0.5, 0.6) is 0 Å². The summed E-state index contributed by atoms with van der Waals surface area (Å²) in [4.78, 5) is 10.7. The molecule has 3 heterocycles. The van der Waals surface area contributed by atoms with Gasteiger partial charge >= 0.3 is 0 Å². The van der Waals surface area contributed by atoms with E-state index in [0.717, 1.165) is 29.3 Å². The molecule has 0 unspecified atom stereocenters. The number of rotatable bonds is 1. The van der Waals surface area contributed by atoms with E-state index in [1.54, 1.807) is 0 Å². The Morgan fingerprint density at radius 2 is 1.72 bits per heavy atom. The normalized spacial score (nSPS) is 14.6. The minimum absolute atomic E-state index is 0.789. The predicted octanol–water partition coefficient (Wildman–Crippen LogP) is 4.18. The fraction of sp³-hybridized carbons (Fsp3) is 0.0476. The van der Waals surface area contributed by atoms with E-state index in [-0.39, 0.29) is 0 Å². The quantitative estimate of drug-likeness (QED) is 0.683. The molecule has 0 radical (unpaired) electrons. The monoisotopic (exact) mass is 326 g/mol. The second-order valence-corrected chi connectivity index (χ2v) is 5.83. The Morgan fingerprint density at radius 1 is 0.920 bits per heavy atom. The van der Waals surface area contributed by atoms with Crippen LogP contribution < -0.4 is 10.6 Å². The molecule has 2 aromatic carbocycles. The number of nitrogen functional groups attached to an aromatic ring is 1. The van der Waals surface area contributed by atoms with Crippen LogP contribution in [0.3, 0.4) is 0 Å². The van der Waals surface area contributed by atoms with Crippen LogP contribution in [0.25, 0.3) is 10.9 Å². The predicted molar refractivity (Wildman–Crippen MR) is 105 cm³/mol. The van der Waals surface area contributed by atoms with Crippen molar-refractivity contribution in [2.75, 3.05) is 17.2 Å². The van der Waals surface area contributed by atoms with Crippen LogP contribution in [-0.2, 0) is 0 Å². The molecule has 25 heavy (non-hydrogen) atoms. The summed E-state index contributed by atoms with van der Waals surface area (Å²) in [5, 5.41) is 1.20. The third kappa shape index (κ3) is 3.15. The van der Waals surface area contributed by atoms with Crippen molar-refractivity contribution in [2.45, 2.75) is 0 Å². The molecule has 5 rings (SSSR count). The Kier molecular flexibility index (Phi) is 4.01. The van der Waals surface area contributed by atoms with Gasteiger partial charge in [0.1, 0.15) is 5.84 Å². The number of anilines is 2. The molecule has 0 atom stereocenters. The van der Waals surface area contributed by atoms with Gasteiger partial charge in [0.05, 0.1) is 5.52 Å². The molecule has 122 valence electrons. The summed E-state index contributed by atoms with van der Waals surface area (Å²) >= 11 is 0. The van der Waals surface area contributed by atoms with Crippen molar-refractivity contribution >= 4 is 28.1 Å². The number of hydrogen-bond acceptors (Lipinski definition) is 4. The van der Waals surface area contributed by atoms with Crippen LogP contribution in [-0.4, -0.2) is 17.4 Å². The molecule has 1 aromatic heterocycles. The summed E-state index contributed by atoms with van der Waals surface area (Å²) in [6.07, 6.45) is 7.86. The zero-order chi connectivity index (χ0) is 17.1. The highest BCUT2D eigenvalue weighted by atomic mass is 15.2. The number of nitrogens with zero attached hydrogens (tertiary/aromatic N) is 3. The lowest BCUT2D eigenvalue weighted by atomic mass is 10.2. The number of nitrogens with two attached hydrogens (primary N) is 1. The first-order valence-corrected chi connectivity index (χ1v) is 8.19. The van der Waals surface area contributed by atoms with Gasteiger partial charge in [0.2, 0.25) is 0 Å². The van der Waals surface area contributed by atoms with Gasteiger partial charge in [-0.2, -0.15) is 0 Å². The first-order valence-electron chi connectivity index (χ1n) is 8.19. The SMILES string of the molecule is Nc1ccc(N2CC=C3C=CN=C32)cc1.c1ccc2ncccc2c1. The fourth-order valence-electron chi connectivity index (χ4n) is 2.90. The van der Waals surface area contributed by atoms with Gasteiger partial charge in [0.15, 0.2) is 0 Å². The molecule has 0 saturated carbocycles. The van der Waals surface area contributed by atoms with Crippen molar-refractivity contribution in [2.24, 2.45) is 4.99 Å². The second-order valence-electron chi connectivity index (χ2n) is 5.83. The summed E-state index contributed by atoms with van der Waals surface area (Å²) < 4.78 is 0. The Balaban J connectivity index is 0.000000136.